The maximum absolute atomic E-state index is 9.40. The number of hydrogen-bond donors (Lipinski definition) is 1. The van der Waals surface area contributed by atoms with E-state index in [1.807, 2.05) is 18.2 Å². The lowest BCUT2D eigenvalue weighted by atomic mass is 9.89. The molecule has 1 saturated carbocycles. The van der Waals surface area contributed by atoms with E-state index in [1.54, 1.807) is 0 Å². The Morgan fingerprint density at radius 1 is 1.38 bits per heavy atom. The number of hydrogen-bond acceptors (Lipinski definition) is 2. The van der Waals surface area contributed by atoms with Crippen molar-refractivity contribution in [3.05, 3.63) is 35.9 Å². The summed E-state index contributed by atoms with van der Waals surface area (Å²) in [5.74, 6) is 0. The molecule has 1 unspecified atom stereocenters. The molecule has 0 heterocycles. The quantitative estimate of drug-likeness (QED) is 0.818. The highest BCUT2D eigenvalue weighted by Crippen LogP contribution is 2.26. The summed E-state index contributed by atoms with van der Waals surface area (Å²) in [6, 6.07) is 13.3. The Labute approximate surface area is 97.3 Å². The minimum absolute atomic E-state index is 0.373. The van der Waals surface area contributed by atoms with Gasteiger partial charge in [0, 0.05) is 12.5 Å². The number of nitriles is 1. The van der Waals surface area contributed by atoms with Gasteiger partial charge in [-0.25, -0.2) is 0 Å². The van der Waals surface area contributed by atoms with E-state index in [9.17, 15) is 5.26 Å². The van der Waals surface area contributed by atoms with Crippen molar-refractivity contribution < 1.29 is 0 Å². The van der Waals surface area contributed by atoms with Crippen LogP contribution in [0.2, 0.25) is 0 Å². The van der Waals surface area contributed by atoms with E-state index in [2.05, 4.69) is 30.4 Å². The monoisotopic (exact) mass is 214 g/mol. The average molecular weight is 214 g/mol. The highest BCUT2D eigenvalue weighted by atomic mass is 15.0. The highest BCUT2D eigenvalue weighted by Gasteiger charge is 2.34. The summed E-state index contributed by atoms with van der Waals surface area (Å²) in [5, 5.41) is 12.9. The van der Waals surface area contributed by atoms with Crippen LogP contribution >= 0.6 is 0 Å². The van der Waals surface area contributed by atoms with Crippen LogP contribution in [0.25, 0.3) is 0 Å². The predicted molar refractivity (Wildman–Crippen MR) is 64.9 cm³/mol. The number of nitrogens with zero attached hydrogens (tertiary/aromatic N) is 1. The number of nitrogens with one attached hydrogen (secondary N) is 1. The van der Waals surface area contributed by atoms with Gasteiger partial charge in [-0.15, -0.1) is 0 Å². The van der Waals surface area contributed by atoms with Crippen molar-refractivity contribution in [2.75, 3.05) is 0 Å². The van der Waals surface area contributed by atoms with E-state index in [0.717, 1.165) is 12.8 Å². The first-order chi connectivity index (χ1) is 7.78. The molecule has 2 rings (SSSR count). The minimum atomic E-state index is -0.373. The SMILES string of the molecule is CCC(C#N)(Cc1ccccc1)NC1CC1. The zero-order valence-corrected chi connectivity index (χ0v) is 9.74. The Bertz CT molecular complexity index is 375. The molecule has 0 amide bonds. The third-order valence-corrected chi connectivity index (χ3v) is 3.22. The summed E-state index contributed by atoms with van der Waals surface area (Å²) < 4.78 is 0. The molecule has 0 aromatic heterocycles. The molecule has 0 aliphatic heterocycles. The Morgan fingerprint density at radius 2 is 2.06 bits per heavy atom. The number of benzene rings is 1. The van der Waals surface area contributed by atoms with Crippen molar-refractivity contribution in [2.45, 2.75) is 44.2 Å². The first kappa shape index (κ1) is 11.2. The van der Waals surface area contributed by atoms with Gasteiger partial charge in [-0.2, -0.15) is 5.26 Å². The number of rotatable bonds is 5. The average Bonchev–Trinajstić information content (AvgIpc) is 3.13. The molecule has 0 bridgehead atoms. The Kier molecular flexibility index (Phi) is 3.26. The molecule has 1 aliphatic carbocycles. The molecule has 0 saturated heterocycles. The van der Waals surface area contributed by atoms with Crippen molar-refractivity contribution in [1.29, 1.82) is 5.26 Å². The van der Waals surface area contributed by atoms with E-state index in [0.29, 0.717) is 6.04 Å². The maximum Gasteiger partial charge on any atom is 0.110 e. The summed E-state index contributed by atoms with van der Waals surface area (Å²) in [5.41, 5.74) is 0.863. The molecular formula is C14H18N2. The first-order valence-corrected chi connectivity index (χ1v) is 6.01. The van der Waals surface area contributed by atoms with Crippen LogP contribution in [0.4, 0.5) is 0 Å². The van der Waals surface area contributed by atoms with Gasteiger partial charge in [0.05, 0.1) is 6.07 Å². The Balaban J connectivity index is 2.10. The van der Waals surface area contributed by atoms with E-state index in [1.165, 1.54) is 18.4 Å². The van der Waals surface area contributed by atoms with Crippen LogP contribution in [-0.4, -0.2) is 11.6 Å². The second-order valence-electron chi connectivity index (χ2n) is 4.63. The van der Waals surface area contributed by atoms with Gasteiger partial charge in [0.25, 0.3) is 0 Å². The van der Waals surface area contributed by atoms with Gasteiger partial charge in [-0.05, 0) is 24.8 Å². The van der Waals surface area contributed by atoms with E-state index >= 15 is 0 Å². The van der Waals surface area contributed by atoms with E-state index < -0.39 is 0 Å². The molecular weight excluding hydrogens is 196 g/mol. The highest BCUT2D eigenvalue weighted by molar-refractivity contribution is 5.22. The summed E-state index contributed by atoms with van der Waals surface area (Å²) in [4.78, 5) is 0. The van der Waals surface area contributed by atoms with Crippen LogP contribution in [0.5, 0.6) is 0 Å². The summed E-state index contributed by atoms with van der Waals surface area (Å²) in [6.45, 7) is 2.08. The lowest BCUT2D eigenvalue weighted by Gasteiger charge is -2.26. The molecule has 2 nitrogen and oxygen atoms in total. The molecule has 1 aromatic rings. The Hall–Kier alpha value is -1.33. The predicted octanol–water partition coefficient (Wildman–Crippen LogP) is 2.65. The van der Waals surface area contributed by atoms with Crippen molar-refractivity contribution in [2.24, 2.45) is 0 Å². The molecule has 1 aromatic carbocycles. The fourth-order valence-electron chi connectivity index (χ4n) is 1.99. The van der Waals surface area contributed by atoms with Gasteiger partial charge in [-0.1, -0.05) is 37.3 Å². The fraction of sp³-hybridized carbons (Fsp3) is 0.500. The zero-order valence-electron chi connectivity index (χ0n) is 9.74. The smallest absolute Gasteiger partial charge is 0.110 e. The van der Waals surface area contributed by atoms with Crippen molar-refractivity contribution in [1.82, 2.24) is 5.32 Å². The van der Waals surface area contributed by atoms with Crippen LogP contribution in [0.15, 0.2) is 30.3 Å². The molecule has 84 valence electrons. The third-order valence-electron chi connectivity index (χ3n) is 3.22. The van der Waals surface area contributed by atoms with Crippen LogP contribution in [0, 0.1) is 11.3 Å². The van der Waals surface area contributed by atoms with Gasteiger partial charge in [-0.3, -0.25) is 5.32 Å². The molecule has 0 spiro atoms. The van der Waals surface area contributed by atoms with Gasteiger partial charge in [0.2, 0.25) is 0 Å². The second kappa shape index (κ2) is 4.67. The molecule has 16 heavy (non-hydrogen) atoms. The van der Waals surface area contributed by atoms with Crippen molar-refractivity contribution in [3.63, 3.8) is 0 Å². The lowest BCUT2D eigenvalue weighted by Crippen LogP contribution is -2.46. The zero-order chi connectivity index (χ0) is 11.4. The van der Waals surface area contributed by atoms with Crippen LogP contribution in [0.3, 0.4) is 0 Å². The van der Waals surface area contributed by atoms with E-state index in [4.69, 9.17) is 0 Å². The summed E-state index contributed by atoms with van der Waals surface area (Å²) >= 11 is 0. The van der Waals surface area contributed by atoms with Crippen LogP contribution < -0.4 is 5.32 Å². The maximum atomic E-state index is 9.40. The molecule has 1 aliphatic rings. The van der Waals surface area contributed by atoms with Crippen LogP contribution in [0.1, 0.15) is 31.7 Å². The normalized spacial score (nSPS) is 18.8. The molecule has 1 fully saturated rings. The molecule has 0 radical (unpaired) electrons. The van der Waals surface area contributed by atoms with Gasteiger partial charge in [0.1, 0.15) is 5.54 Å². The van der Waals surface area contributed by atoms with Crippen LogP contribution in [-0.2, 0) is 6.42 Å². The molecule has 2 heteroatoms. The topological polar surface area (TPSA) is 35.8 Å². The van der Waals surface area contributed by atoms with Gasteiger partial charge < -0.3 is 0 Å². The third kappa shape index (κ3) is 2.62. The fourth-order valence-corrected chi connectivity index (χ4v) is 1.99. The largest absolute Gasteiger partial charge is 0.296 e. The van der Waals surface area contributed by atoms with Gasteiger partial charge in [0.15, 0.2) is 0 Å². The molecule has 1 N–H and O–H groups in total. The lowest BCUT2D eigenvalue weighted by molar-refractivity contribution is 0.393. The summed E-state index contributed by atoms with van der Waals surface area (Å²) in [7, 11) is 0. The van der Waals surface area contributed by atoms with E-state index in [-0.39, 0.29) is 5.54 Å². The standard InChI is InChI=1S/C14H18N2/c1-2-14(11-15,16-13-8-9-13)10-12-6-4-3-5-7-12/h3-7,13,16H,2,8-10H2,1H3. The van der Waals surface area contributed by atoms with Crippen molar-refractivity contribution in [3.8, 4) is 6.07 Å². The van der Waals surface area contributed by atoms with Crippen molar-refractivity contribution >= 4 is 0 Å². The second-order valence-corrected chi connectivity index (χ2v) is 4.63. The minimum Gasteiger partial charge on any atom is -0.296 e. The summed E-state index contributed by atoms with van der Waals surface area (Å²) in [6.07, 6.45) is 4.10. The molecule has 1 atom stereocenters. The first-order valence-electron chi connectivity index (χ1n) is 6.01. The Morgan fingerprint density at radius 3 is 2.56 bits per heavy atom. The van der Waals surface area contributed by atoms with Gasteiger partial charge >= 0.3 is 0 Å².